The summed E-state index contributed by atoms with van der Waals surface area (Å²) >= 11 is 1.88. The van der Waals surface area contributed by atoms with Crippen LogP contribution in [0.1, 0.15) is 0 Å². The number of thiophene rings is 1. The van der Waals surface area contributed by atoms with Crippen molar-refractivity contribution in [1.82, 2.24) is 9.13 Å². The van der Waals surface area contributed by atoms with Crippen LogP contribution in [0, 0.1) is 0 Å². The predicted molar refractivity (Wildman–Crippen MR) is 277 cm³/mol. The summed E-state index contributed by atoms with van der Waals surface area (Å²) in [5.41, 5.74) is 9.60. The van der Waals surface area contributed by atoms with E-state index in [9.17, 15) is 0 Å². The highest BCUT2D eigenvalue weighted by Gasteiger charge is 2.41. The molecule has 13 rings (SSSR count). The van der Waals surface area contributed by atoms with Crippen LogP contribution in [0.25, 0.3) is 86.3 Å². The molecule has 0 aliphatic heterocycles. The Morgan fingerprint density at radius 1 is 0.281 bits per heavy atom. The first-order chi connectivity index (χ1) is 31.8. The van der Waals surface area contributed by atoms with Gasteiger partial charge in [-0.3, -0.25) is 0 Å². The van der Waals surface area contributed by atoms with Gasteiger partial charge < -0.3 is 9.13 Å². The summed E-state index contributed by atoms with van der Waals surface area (Å²) in [5.74, 6) is 0. The highest BCUT2D eigenvalue weighted by atomic mass is 32.1. The minimum Gasteiger partial charge on any atom is -0.309 e. The molecule has 0 spiro atoms. The first-order valence-corrected chi connectivity index (χ1v) is 24.8. The minimum absolute atomic E-state index is 1.14. The van der Waals surface area contributed by atoms with Crippen LogP contribution >= 0.6 is 11.3 Å². The molecule has 0 aliphatic rings. The monoisotopic (exact) mass is 848 g/mol. The molecule has 0 N–H and O–H groups in total. The summed E-state index contributed by atoms with van der Waals surface area (Å²) in [4.78, 5) is 0. The van der Waals surface area contributed by atoms with Gasteiger partial charge in [0.25, 0.3) is 0 Å². The summed E-state index contributed by atoms with van der Waals surface area (Å²) in [7, 11) is -2.68. The molecule has 0 unspecified atom stereocenters. The van der Waals surface area contributed by atoms with Crippen LogP contribution < -0.4 is 20.7 Å². The SMILES string of the molecule is c1ccc([Si](c2ccccc2)(c2ccccc2)c2ccc(-n3c4ccccc4c4ccc(-n5c6ccccc6c6c(-c7cccc8sc9ccccc9c78)cccc65)cc43)cc2)cc1. The molecule has 3 heterocycles. The van der Waals surface area contributed by atoms with Crippen LogP contribution in [0.3, 0.4) is 0 Å². The lowest BCUT2D eigenvalue weighted by Crippen LogP contribution is -2.74. The summed E-state index contributed by atoms with van der Waals surface area (Å²) in [6.07, 6.45) is 0. The Morgan fingerprint density at radius 3 is 1.41 bits per heavy atom. The second-order valence-electron chi connectivity index (χ2n) is 16.8. The molecule has 0 radical (unpaired) electrons. The van der Waals surface area contributed by atoms with E-state index in [1.165, 1.54) is 95.7 Å². The van der Waals surface area contributed by atoms with Crippen molar-refractivity contribution < 1.29 is 0 Å². The fourth-order valence-corrected chi connectivity index (χ4v) is 16.7. The summed E-state index contributed by atoms with van der Waals surface area (Å²) in [5, 5.41) is 13.1. The van der Waals surface area contributed by atoms with Crippen molar-refractivity contribution in [3.8, 4) is 22.5 Å². The van der Waals surface area contributed by atoms with Crippen LogP contribution in [-0.2, 0) is 0 Å². The van der Waals surface area contributed by atoms with E-state index in [0.29, 0.717) is 0 Å². The van der Waals surface area contributed by atoms with Gasteiger partial charge in [0.2, 0.25) is 0 Å². The Balaban J connectivity index is 1.02. The van der Waals surface area contributed by atoms with Gasteiger partial charge in [-0.1, -0.05) is 188 Å². The molecule has 0 saturated heterocycles. The zero-order valence-electron chi connectivity index (χ0n) is 34.9. The second kappa shape index (κ2) is 14.7. The number of hydrogen-bond acceptors (Lipinski definition) is 1. The normalized spacial score (nSPS) is 12.1. The van der Waals surface area contributed by atoms with Gasteiger partial charge in [-0.15, -0.1) is 11.3 Å². The third kappa shape index (κ3) is 5.43. The Kier molecular flexibility index (Phi) is 8.45. The molecular formula is C60H40N2SSi. The van der Waals surface area contributed by atoms with Gasteiger partial charge in [0.05, 0.1) is 22.1 Å². The van der Waals surface area contributed by atoms with Crippen molar-refractivity contribution in [3.63, 3.8) is 0 Å². The standard InChI is InChI=1S/C60H40N2SSi/c1-4-18-43(19-5-1)64(44-20-6-2-7-21-44,45-22-8-3-9-23-45)46-37-34-41(35-38-46)61-53-29-13-10-24-47(53)48-39-36-42(40-56(48)61)62-54-30-14-11-25-51(54)59-49(27-16-31-55(59)62)50-28-17-33-58-60(50)52-26-12-15-32-57(52)63-58/h1-40H. The Bertz CT molecular complexity index is 3790. The molecule has 0 fully saturated rings. The van der Waals surface area contributed by atoms with Gasteiger partial charge in [-0.25, -0.2) is 0 Å². The Labute approximate surface area is 376 Å². The molecule has 64 heavy (non-hydrogen) atoms. The number of hydrogen-bond donors (Lipinski definition) is 0. The molecular weight excluding hydrogens is 809 g/mol. The van der Waals surface area contributed by atoms with E-state index < -0.39 is 8.07 Å². The maximum Gasteiger partial charge on any atom is 0.179 e. The molecule has 13 aromatic rings. The van der Waals surface area contributed by atoms with Gasteiger partial charge in [-0.05, 0) is 86.5 Å². The van der Waals surface area contributed by atoms with Crippen molar-refractivity contribution in [2.75, 3.05) is 0 Å². The lowest BCUT2D eigenvalue weighted by atomic mass is 9.95. The molecule has 0 bridgehead atoms. The third-order valence-corrected chi connectivity index (χ3v) is 19.4. The molecule has 0 atom stereocenters. The molecule has 300 valence electrons. The average molecular weight is 849 g/mol. The zero-order valence-corrected chi connectivity index (χ0v) is 36.7. The van der Waals surface area contributed by atoms with Crippen LogP contribution in [0.2, 0.25) is 0 Å². The number of aromatic nitrogens is 2. The maximum atomic E-state index is 2.48. The predicted octanol–water partition coefficient (Wildman–Crippen LogP) is 13.3. The van der Waals surface area contributed by atoms with Crippen LogP contribution in [0.4, 0.5) is 0 Å². The molecule has 4 heteroatoms. The Hall–Kier alpha value is -7.76. The van der Waals surface area contributed by atoms with Gasteiger partial charge in [0.1, 0.15) is 0 Å². The molecule has 0 amide bonds. The van der Waals surface area contributed by atoms with E-state index in [-0.39, 0.29) is 0 Å². The van der Waals surface area contributed by atoms with Crippen molar-refractivity contribution in [2.45, 2.75) is 0 Å². The van der Waals surface area contributed by atoms with E-state index in [1.807, 2.05) is 11.3 Å². The maximum absolute atomic E-state index is 2.68. The largest absolute Gasteiger partial charge is 0.309 e. The van der Waals surface area contributed by atoms with E-state index in [4.69, 9.17) is 0 Å². The quantitative estimate of drug-likeness (QED) is 0.112. The van der Waals surface area contributed by atoms with E-state index >= 15 is 0 Å². The Morgan fingerprint density at radius 2 is 0.734 bits per heavy atom. The van der Waals surface area contributed by atoms with Crippen LogP contribution in [0.5, 0.6) is 0 Å². The lowest BCUT2D eigenvalue weighted by Gasteiger charge is -2.34. The number of rotatable bonds is 7. The highest BCUT2D eigenvalue weighted by Crippen LogP contribution is 2.45. The van der Waals surface area contributed by atoms with Crippen molar-refractivity contribution in [2.24, 2.45) is 0 Å². The summed E-state index contributed by atoms with van der Waals surface area (Å²) < 4.78 is 7.59. The van der Waals surface area contributed by atoms with Crippen molar-refractivity contribution >= 4 is 104 Å². The number of para-hydroxylation sites is 2. The topological polar surface area (TPSA) is 9.86 Å². The van der Waals surface area contributed by atoms with Gasteiger partial charge >= 0.3 is 0 Å². The van der Waals surface area contributed by atoms with Crippen molar-refractivity contribution in [1.29, 1.82) is 0 Å². The average Bonchev–Trinajstić information content (AvgIpc) is 4.03. The molecule has 0 saturated carbocycles. The molecule has 0 aliphatic carbocycles. The number of benzene rings is 10. The van der Waals surface area contributed by atoms with Crippen LogP contribution in [0.15, 0.2) is 243 Å². The minimum atomic E-state index is -2.68. The smallest absolute Gasteiger partial charge is 0.179 e. The van der Waals surface area contributed by atoms with Gasteiger partial charge in [0, 0.05) is 53.1 Å². The molecule has 10 aromatic carbocycles. The fraction of sp³-hybridized carbons (Fsp3) is 0. The zero-order chi connectivity index (χ0) is 42.2. The highest BCUT2D eigenvalue weighted by molar-refractivity contribution is 7.26. The molecule has 3 aromatic heterocycles. The summed E-state index contributed by atoms with van der Waals surface area (Å²) in [6, 6.07) is 90.3. The number of nitrogens with zero attached hydrogens (tertiary/aromatic N) is 2. The molecule has 2 nitrogen and oxygen atoms in total. The number of fused-ring (bicyclic) bond motifs is 9. The lowest BCUT2D eigenvalue weighted by molar-refractivity contribution is 1.16. The van der Waals surface area contributed by atoms with Gasteiger partial charge in [-0.2, -0.15) is 0 Å². The van der Waals surface area contributed by atoms with Crippen LogP contribution in [-0.4, -0.2) is 17.2 Å². The van der Waals surface area contributed by atoms with Gasteiger partial charge in [0.15, 0.2) is 8.07 Å². The second-order valence-corrected chi connectivity index (χ2v) is 21.7. The summed E-state index contributed by atoms with van der Waals surface area (Å²) in [6.45, 7) is 0. The van der Waals surface area contributed by atoms with E-state index in [0.717, 1.165) is 11.4 Å². The van der Waals surface area contributed by atoms with E-state index in [2.05, 4.69) is 252 Å². The fourth-order valence-electron chi connectivity index (χ4n) is 10.8. The first-order valence-electron chi connectivity index (χ1n) is 22.0. The third-order valence-electron chi connectivity index (χ3n) is 13.5. The first kappa shape index (κ1) is 36.9. The van der Waals surface area contributed by atoms with Crippen molar-refractivity contribution in [3.05, 3.63) is 243 Å². The van der Waals surface area contributed by atoms with E-state index in [1.54, 1.807) is 0 Å².